The lowest BCUT2D eigenvalue weighted by molar-refractivity contribution is -0.212. The highest BCUT2D eigenvalue weighted by Crippen LogP contribution is 2.61. The number of hydrogen-bond acceptors (Lipinski definition) is 4. The van der Waals surface area contributed by atoms with E-state index in [2.05, 4.69) is 19.1 Å². The fourth-order valence-electron chi connectivity index (χ4n) is 4.86. The molecule has 1 fully saturated rings. The van der Waals surface area contributed by atoms with Crippen LogP contribution in [0.5, 0.6) is 11.5 Å². The van der Waals surface area contributed by atoms with E-state index in [9.17, 15) is 0 Å². The second-order valence-corrected chi connectivity index (χ2v) is 7.21. The Morgan fingerprint density at radius 1 is 1.12 bits per heavy atom. The number of hydrogen-bond donors (Lipinski definition) is 0. The molecule has 0 bridgehead atoms. The van der Waals surface area contributed by atoms with Crippen molar-refractivity contribution in [3.8, 4) is 11.5 Å². The quantitative estimate of drug-likeness (QED) is 0.788. The fourth-order valence-corrected chi connectivity index (χ4v) is 4.86. The Morgan fingerprint density at radius 3 is 2.75 bits per heavy atom. The molecule has 0 amide bonds. The van der Waals surface area contributed by atoms with Crippen LogP contribution in [0.15, 0.2) is 35.4 Å². The summed E-state index contributed by atoms with van der Waals surface area (Å²) in [5.41, 5.74) is 5.24. The summed E-state index contributed by atoms with van der Waals surface area (Å²) in [6.45, 7) is 4.31. The van der Waals surface area contributed by atoms with E-state index < -0.39 is 5.79 Å². The van der Waals surface area contributed by atoms with E-state index in [1.807, 2.05) is 12.1 Å². The third-order valence-corrected chi connectivity index (χ3v) is 6.21. The second-order valence-electron chi connectivity index (χ2n) is 7.21. The van der Waals surface area contributed by atoms with Crippen LogP contribution in [-0.2, 0) is 9.47 Å². The number of allylic oxidation sites excluding steroid dienone is 1. The van der Waals surface area contributed by atoms with Crippen LogP contribution >= 0.6 is 0 Å². The largest absolute Gasteiger partial charge is 0.497 e. The number of rotatable bonds is 1. The highest BCUT2D eigenvalue weighted by molar-refractivity contribution is 5.81. The van der Waals surface area contributed by atoms with Gasteiger partial charge in [-0.3, -0.25) is 0 Å². The lowest BCUT2D eigenvalue weighted by atomic mass is 9.66. The molecule has 24 heavy (non-hydrogen) atoms. The van der Waals surface area contributed by atoms with Crippen LogP contribution in [0.3, 0.4) is 0 Å². The molecule has 1 aromatic rings. The van der Waals surface area contributed by atoms with Gasteiger partial charge in [-0.15, -0.1) is 0 Å². The summed E-state index contributed by atoms with van der Waals surface area (Å²) in [4.78, 5) is 0. The van der Waals surface area contributed by atoms with Crippen molar-refractivity contribution in [1.29, 1.82) is 0 Å². The predicted molar refractivity (Wildman–Crippen MR) is 90.1 cm³/mol. The van der Waals surface area contributed by atoms with Gasteiger partial charge in [-0.05, 0) is 41.7 Å². The smallest absolute Gasteiger partial charge is 0.181 e. The second kappa shape index (κ2) is 4.87. The molecule has 0 aromatic heterocycles. The first-order valence-electron chi connectivity index (χ1n) is 8.69. The standard InChI is InChI=1S/C20H22O4/c1-19-7-5-14-15-4-3-13(21-2)11-18(15)22-12-16(14)17(19)6-8-20(19)23-9-10-24-20/h3-4,6,11H,5,7-10,12H2,1-2H3. The van der Waals surface area contributed by atoms with Gasteiger partial charge in [0.1, 0.15) is 18.1 Å². The Morgan fingerprint density at radius 2 is 1.96 bits per heavy atom. The van der Waals surface area contributed by atoms with Crippen LogP contribution in [0, 0.1) is 5.41 Å². The molecule has 126 valence electrons. The maximum atomic E-state index is 6.10. The van der Waals surface area contributed by atoms with Crippen LogP contribution in [0.1, 0.15) is 31.7 Å². The van der Waals surface area contributed by atoms with Gasteiger partial charge in [-0.2, -0.15) is 0 Å². The van der Waals surface area contributed by atoms with Crippen LogP contribution in [0.25, 0.3) is 5.57 Å². The number of fused-ring (bicyclic) bond motifs is 5. The zero-order chi connectivity index (χ0) is 16.4. The molecular formula is C20H22O4. The number of benzene rings is 1. The SMILES string of the molecule is COc1ccc2c(c1)OCC1=C2CCC2(C)C1=CCC21OCCO1. The number of ether oxygens (including phenoxy) is 4. The highest BCUT2D eigenvalue weighted by atomic mass is 16.7. The Labute approximate surface area is 142 Å². The summed E-state index contributed by atoms with van der Waals surface area (Å²) >= 11 is 0. The first kappa shape index (κ1) is 14.6. The summed E-state index contributed by atoms with van der Waals surface area (Å²) in [5.74, 6) is 1.31. The van der Waals surface area contributed by atoms with E-state index in [1.54, 1.807) is 7.11 Å². The van der Waals surface area contributed by atoms with E-state index >= 15 is 0 Å². The van der Waals surface area contributed by atoms with Crippen molar-refractivity contribution in [2.75, 3.05) is 26.9 Å². The van der Waals surface area contributed by atoms with Gasteiger partial charge < -0.3 is 18.9 Å². The van der Waals surface area contributed by atoms with Crippen molar-refractivity contribution in [3.05, 3.63) is 41.0 Å². The number of methoxy groups -OCH3 is 1. The summed E-state index contributed by atoms with van der Waals surface area (Å²) in [6, 6.07) is 6.12. The predicted octanol–water partition coefficient (Wildman–Crippen LogP) is 3.71. The minimum Gasteiger partial charge on any atom is -0.497 e. The molecule has 1 aromatic carbocycles. The minimum atomic E-state index is -0.457. The average Bonchev–Trinajstić information content (AvgIpc) is 3.21. The molecule has 2 heterocycles. The molecule has 1 saturated heterocycles. The Bertz CT molecular complexity index is 770. The molecule has 0 radical (unpaired) electrons. The Kier molecular flexibility index (Phi) is 2.95. The van der Waals surface area contributed by atoms with Crippen LogP contribution in [-0.4, -0.2) is 32.7 Å². The van der Waals surface area contributed by atoms with E-state index in [-0.39, 0.29) is 5.41 Å². The maximum absolute atomic E-state index is 6.10. The van der Waals surface area contributed by atoms with E-state index in [1.165, 1.54) is 22.3 Å². The monoisotopic (exact) mass is 326 g/mol. The third kappa shape index (κ3) is 1.70. The molecule has 0 saturated carbocycles. The first-order valence-corrected chi connectivity index (χ1v) is 8.69. The lowest BCUT2D eigenvalue weighted by Gasteiger charge is -2.46. The molecule has 4 aliphatic rings. The summed E-state index contributed by atoms with van der Waals surface area (Å²) in [5, 5.41) is 0. The first-order chi connectivity index (χ1) is 11.7. The highest BCUT2D eigenvalue weighted by Gasteiger charge is 2.59. The van der Waals surface area contributed by atoms with Gasteiger partial charge in [-0.25, -0.2) is 0 Å². The van der Waals surface area contributed by atoms with Gasteiger partial charge >= 0.3 is 0 Å². The van der Waals surface area contributed by atoms with Crippen molar-refractivity contribution in [3.63, 3.8) is 0 Å². The molecule has 2 aliphatic carbocycles. The van der Waals surface area contributed by atoms with Gasteiger partial charge in [0.15, 0.2) is 5.79 Å². The maximum Gasteiger partial charge on any atom is 0.181 e. The normalized spacial score (nSPS) is 29.7. The van der Waals surface area contributed by atoms with Crippen molar-refractivity contribution in [2.24, 2.45) is 5.41 Å². The lowest BCUT2D eigenvalue weighted by Crippen LogP contribution is -2.47. The molecule has 1 spiro atoms. The third-order valence-electron chi connectivity index (χ3n) is 6.21. The zero-order valence-corrected chi connectivity index (χ0v) is 14.2. The van der Waals surface area contributed by atoms with Crippen molar-refractivity contribution in [1.82, 2.24) is 0 Å². The summed E-state index contributed by atoms with van der Waals surface area (Å²) in [6.07, 6.45) is 5.23. The van der Waals surface area contributed by atoms with Gasteiger partial charge in [-0.1, -0.05) is 13.0 Å². The molecule has 4 heteroatoms. The van der Waals surface area contributed by atoms with Gasteiger partial charge in [0.25, 0.3) is 0 Å². The van der Waals surface area contributed by atoms with Crippen molar-refractivity contribution in [2.45, 2.75) is 32.0 Å². The molecule has 1 atom stereocenters. The van der Waals surface area contributed by atoms with Gasteiger partial charge in [0.05, 0.1) is 20.3 Å². The zero-order valence-electron chi connectivity index (χ0n) is 14.2. The molecule has 4 nitrogen and oxygen atoms in total. The van der Waals surface area contributed by atoms with Crippen molar-refractivity contribution < 1.29 is 18.9 Å². The molecule has 0 N–H and O–H groups in total. The van der Waals surface area contributed by atoms with Crippen molar-refractivity contribution >= 4 is 5.57 Å². The molecule has 1 unspecified atom stereocenters. The van der Waals surface area contributed by atoms with Crippen LogP contribution in [0.2, 0.25) is 0 Å². The van der Waals surface area contributed by atoms with Crippen LogP contribution in [0.4, 0.5) is 0 Å². The average molecular weight is 326 g/mol. The van der Waals surface area contributed by atoms with E-state index in [0.29, 0.717) is 19.8 Å². The van der Waals surface area contributed by atoms with Crippen LogP contribution < -0.4 is 9.47 Å². The fraction of sp³-hybridized carbons (Fsp3) is 0.500. The minimum absolute atomic E-state index is 0.0737. The van der Waals surface area contributed by atoms with Gasteiger partial charge in [0.2, 0.25) is 0 Å². The Balaban J connectivity index is 1.60. The molecule has 2 aliphatic heterocycles. The summed E-state index contributed by atoms with van der Waals surface area (Å²) in [7, 11) is 1.69. The summed E-state index contributed by atoms with van der Waals surface area (Å²) < 4.78 is 23.6. The molecule has 5 rings (SSSR count). The Hall–Kier alpha value is -1.78. The van der Waals surface area contributed by atoms with E-state index in [0.717, 1.165) is 30.8 Å². The molecular weight excluding hydrogens is 304 g/mol. The topological polar surface area (TPSA) is 36.9 Å². The van der Waals surface area contributed by atoms with E-state index in [4.69, 9.17) is 18.9 Å². The van der Waals surface area contributed by atoms with Gasteiger partial charge in [0, 0.05) is 23.5 Å².